The predicted molar refractivity (Wildman–Crippen MR) is 63.6 cm³/mol. The van der Waals surface area contributed by atoms with Crippen LogP contribution in [0.4, 0.5) is 5.95 Å². The second-order valence-electron chi connectivity index (χ2n) is 3.76. The van der Waals surface area contributed by atoms with E-state index < -0.39 is 0 Å². The Labute approximate surface area is 94.2 Å². The summed E-state index contributed by atoms with van der Waals surface area (Å²) in [4.78, 5) is 13.8. The van der Waals surface area contributed by atoms with E-state index in [1.807, 2.05) is 6.92 Å². The number of hydrogen-bond donors (Lipinski definition) is 2. The van der Waals surface area contributed by atoms with Crippen molar-refractivity contribution in [3.8, 4) is 0 Å². The van der Waals surface area contributed by atoms with Gasteiger partial charge in [-0.25, -0.2) is 5.43 Å². The number of aromatic amines is 1. The fourth-order valence-corrected chi connectivity index (χ4v) is 0.990. The van der Waals surface area contributed by atoms with E-state index in [0.717, 1.165) is 12.1 Å². The molecule has 6 nitrogen and oxygen atoms in total. The van der Waals surface area contributed by atoms with Crippen molar-refractivity contribution in [3.05, 3.63) is 16.0 Å². The second-order valence-corrected chi connectivity index (χ2v) is 3.76. The summed E-state index contributed by atoms with van der Waals surface area (Å²) in [6, 6.07) is 0. The largest absolute Gasteiger partial charge is 0.288 e. The van der Waals surface area contributed by atoms with E-state index in [4.69, 9.17) is 0 Å². The lowest BCUT2D eigenvalue weighted by Gasteiger charge is -2.07. The summed E-state index contributed by atoms with van der Waals surface area (Å²) in [6.07, 6.45) is 1.02. The van der Waals surface area contributed by atoms with Crippen molar-refractivity contribution in [1.29, 1.82) is 0 Å². The molecule has 0 aliphatic carbocycles. The van der Waals surface area contributed by atoms with Gasteiger partial charge in [0.05, 0.1) is 0 Å². The molecular weight excluding hydrogens is 206 g/mol. The van der Waals surface area contributed by atoms with Gasteiger partial charge in [0.15, 0.2) is 0 Å². The lowest BCUT2D eigenvalue weighted by atomic mass is 10.1. The summed E-state index contributed by atoms with van der Waals surface area (Å²) in [5.41, 5.74) is 3.74. The zero-order valence-electron chi connectivity index (χ0n) is 10.0. The minimum absolute atomic E-state index is 0.256. The average Bonchev–Trinajstić information content (AvgIpc) is 2.29. The molecule has 1 rings (SSSR count). The third kappa shape index (κ3) is 3.15. The van der Waals surface area contributed by atoms with Gasteiger partial charge in [0, 0.05) is 5.71 Å². The van der Waals surface area contributed by atoms with E-state index in [9.17, 15) is 4.79 Å². The minimum atomic E-state index is -0.256. The van der Waals surface area contributed by atoms with Crippen molar-refractivity contribution < 1.29 is 0 Å². The van der Waals surface area contributed by atoms with Crippen molar-refractivity contribution in [2.75, 3.05) is 5.43 Å². The summed E-state index contributed by atoms with van der Waals surface area (Å²) in [5, 5.41) is 11.6. The molecule has 6 heteroatoms. The van der Waals surface area contributed by atoms with E-state index in [-0.39, 0.29) is 11.5 Å². The van der Waals surface area contributed by atoms with Crippen molar-refractivity contribution in [3.63, 3.8) is 0 Å². The molecular formula is C10H17N5O. The third-order valence-corrected chi connectivity index (χ3v) is 2.52. The number of hydrazone groups is 1. The Bertz CT molecular complexity index is 437. The van der Waals surface area contributed by atoms with E-state index >= 15 is 0 Å². The summed E-state index contributed by atoms with van der Waals surface area (Å²) in [6.45, 7) is 7.71. The first-order chi connectivity index (χ1) is 7.54. The first-order valence-corrected chi connectivity index (χ1v) is 5.28. The van der Waals surface area contributed by atoms with Crippen LogP contribution in [-0.4, -0.2) is 20.9 Å². The van der Waals surface area contributed by atoms with Gasteiger partial charge in [-0.05, 0) is 26.2 Å². The number of aryl methyl sites for hydroxylation is 1. The van der Waals surface area contributed by atoms with Gasteiger partial charge in [-0.2, -0.15) is 5.10 Å². The van der Waals surface area contributed by atoms with Gasteiger partial charge in [-0.15, -0.1) is 10.2 Å². The molecule has 0 aromatic carbocycles. The summed E-state index contributed by atoms with van der Waals surface area (Å²) >= 11 is 0. The summed E-state index contributed by atoms with van der Waals surface area (Å²) in [5.74, 6) is 0.663. The van der Waals surface area contributed by atoms with Crippen molar-refractivity contribution >= 4 is 11.7 Å². The van der Waals surface area contributed by atoms with Gasteiger partial charge in [-0.3, -0.25) is 9.78 Å². The maximum Gasteiger partial charge on any atom is 0.274 e. The SMILES string of the molecule is CC[C@H](C)/C(C)=N\Nc1nnc(C)c(=O)[nH]1. The van der Waals surface area contributed by atoms with Crippen LogP contribution >= 0.6 is 0 Å². The van der Waals surface area contributed by atoms with Gasteiger partial charge >= 0.3 is 0 Å². The highest BCUT2D eigenvalue weighted by atomic mass is 16.1. The quantitative estimate of drug-likeness (QED) is 0.595. The van der Waals surface area contributed by atoms with Crippen LogP contribution in [0.2, 0.25) is 0 Å². The van der Waals surface area contributed by atoms with E-state index in [0.29, 0.717) is 11.6 Å². The van der Waals surface area contributed by atoms with Crippen molar-refractivity contribution in [1.82, 2.24) is 15.2 Å². The molecule has 1 aromatic heterocycles. The molecule has 0 aliphatic heterocycles. The van der Waals surface area contributed by atoms with Gasteiger partial charge in [0.2, 0.25) is 5.95 Å². The predicted octanol–water partition coefficient (Wildman–Crippen LogP) is 1.31. The van der Waals surface area contributed by atoms with Crippen molar-refractivity contribution in [2.45, 2.75) is 34.1 Å². The number of hydrogen-bond acceptors (Lipinski definition) is 5. The molecule has 0 spiro atoms. The smallest absolute Gasteiger partial charge is 0.274 e. The molecule has 1 atom stereocenters. The number of anilines is 1. The zero-order valence-corrected chi connectivity index (χ0v) is 10.0. The Morgan fingerprint density at radius 3 is 2.81 bits per heavy atom. The maximum atomic E-state index is 11.2. The fourth-order valence-electron chi connectivity index (χ4n) is 0.990. The highest BCUT2D eigenvalue weighted by Gasteiger charge is 2.03. The first kappa shape index (κ1) is 12.4. The molecule has 0 saturated heterocycles. The number of nitrogens with zero attached hydrogens (tertiary/aromatic N) is 3. The molecule has 0 amide bonds. The molecule has 1 heterocycles. The van der Waals surface area contributed by atoms with Gasteiger partial charge < -0.3 is 0 Å². The normalized spacial score (nSPS) is 13.6. The first-order valence-electron chi connectivity index (χ1n) is 5.28. The molecule has 0 bridgehead atoms. The Balaban J connectivity index is 2.75. The molecule has 0 fully saturated rings. The topological polar surface area (TPSA) is 83.0 Å². The third-order valence-electron chi connectivity index (χ3n) is 2.52. The van der Waals surface area contributed by atoms with Crippen LogP contribution < -0.4 is 11.0 Å². The van der Waals surface area contributed by atoms with Crippen molar-refractivity contribution in [2.24, 2.45) is 11.0 Å². The molecule has 0 saturated carbocycles. The van der Waals surface area contributed by atoms with Gasteiger partial charge in [0.1, 0.15) is 5.69 Å². The van der Waals surface area contributed by atoms with Gasteiger partial charge in [0.25, 0.3) is 5.56 Å². The summed E-state index contributed by atoms with van der Waals surface area (Å²) in [7, 11) is 0. The fraction of sp³-hybridized carbons (Fsp3) is 0.600. The number of H-pyrrole nitrogens is 1. The molecule has 88 valence electrons. The minimum Gasteiger partial charge on any atom is -0.288 e. The molecule has 0 unspecified atom stereocenters. The average molecular weight is 223 g/mol. The molecule has 1 aromatic rings. The Hall–Kier alpha value is -1.72. The number of rotatable bonds is 4. The summed E-state index contributed by atoms with van der Waals surface area (Å²) < 4.78 is 0. The monoisotopic (exact) mass is 223 g/mol. The van der Waals surface area contributed by atoms with Crippen LogP contribution in [0.3, 0.4) is 0 Å². The highest BCUT2D eigenvalue weighted by Crippen LogP contribution is 2.03. The lowest BCUT2D eigenvalue weighted by Crippen LogP contribution is -2.16. The van der Waals surface area contributed by atoms with Crippen LogP contribution in [-0.2, 0) is 0 Å². The van der Waals surface area contributed by atoms with Crippen LogP contribution in [0.5, 0.6) is 0 Å². The molecule has 0 radical (unpaired) electrons. The van der Waals surface area contributed by atoms with Crippen LogP contribution in [0.1, 0.15) is 32.9 Å². The maximum absolute atomic E-state index is 11.2. The van der Waals surface area contributed by atoms with E-state index in [1.165, 1.54) is 0 Å². The Kier molecular flexibility index (Phi) is 4.16. The van der Waals surface area contributed by atoms with E-state index in [1.54, 1.807) is 6.92 Å². The highest BCUT2D eigenvalue weighted by molar-refractivity contribution is 5.84. The van der Waals surface area contributed by atoms with Gasteiger partial charge in [-0.1, -0.05) is 13.8 Å². The lowest BCUT2D eigenvalue weighted by molar-refractivity contribution is 0.733. The molecule has 0 aliphatic rings. The van der Waals surface area contributed by atoms with Crippen LogP contribution in [0.25, 0.3) is 0 Å². The molecule has 2 N–H and O–H groups in total. The number of nitrogens with one attached hydrogen (secondary N) is 2. The van der Waals surface area contributed by atoms with Crippen LogP contribution in [0, 0.1) is 12.8 Å². The zero-order chi connectivity index (χ0) is 12.1. The standard InChI is InChI=1S/C10H17N5O/c1-5-6(2)7(3)12-14-10-11-9(16)8(4)13-15-10/h6H,5H2,1-4H3,(H2,11,14,15,16)/b12-7-/t6-/m0/s1. The number of aromatic nitrogens is 3. The van der Waals surface area contributed by atoms with E-state index in [2.05, 4.69) is 39.6 Å². The second kappa shape index (κ2) is 5.39. The molecule has 16 heavy (non-hydrogen) atoms. The van der Waals surface area contributed by atoms with Crippen LogP contribution in [0.15, 0.2) is 9.90 Å². The Morgan fingerprint density at radius 2 is 2.25 bits per heavy atom. The Morgan fingerprint density at radius 1 is 1.56 bits per heavy atom.